The van der Waals surface area contributed by atoms with E-state index in [2.05, 4.69) is 24.3 Å². The van der Waals surface area contributed by atoms with E-state index >= 15 is 0 Å². The van der Waals surface area contributed by atoms with Crippen molar-refractivity contribution in [3.8, 4) is 0 Å². The molecule has 0 spiro atoms. The van der Waals surface area contributed by atoms with Crippen molar-refractivity contribution in [1.29, 1.82) is 0 Å². The van der Waals surface area contributed by atoms with Gasteiger partial charge < -0.3 is 5.32 Å². The predicted molar refractivity (Wildman–Crippen MR) is 69.5 cm³/mol. The smallest absolute Gasteiger partial charge is 0.266 e. The molecule has 0 saturated carbocycles. The predicted octanol–water partition coefficient (Wildman–Crippen LogP) is 3.17. The first-order valence-corrected chi connectivity index (χ1v) is 6.48. The Bertz CT molecular complexity index is 490. The maximum atomic E-state index is 11.9. The van der Waals surface area contributed by atoms with Gasteiger partial charge in [0.15, 0.2) is 0 Å². The molecule has 0 aliphatic carbocycles. The lowest BCUT2D eigenvalue weighted by Crippen LogP contribution is -2.16. The van der Waals surface area contributed by atoms with Crippen LogP contribution in [0.25, 0.3) is 0 Å². The zero-order valence-electron chi connectivity index (χ0n) is 9.88. The highest BCUT2D eigenvalue weighted by molar-refractivity contribution is 7.12. The molecule has 2 heterocycles. The van der Waals surface area contributed by atoms with Gasteiger partial charge in [0.05, 0.1) is 17.1 Å². The molecule has 0 aliphatic rings. The molecule has 0 radical (unpaired) electrons. The lowest BCUT2D eigenvalue weighted by atomic mass is 10.3. The van der Waals surface area contributed by atoms with Crippen LogP contribution in [0.3, 0.4) is 0 Å². The molecule has 1 N–H and O–H groups in total. The number of nitrogens with one attached hydrogen (secondary N) is 1. The van der Waals surface area contributed by atoms with Crippen molar-refractivity contribution in [3.05, 3.63) is 34.7 Å². The van der Waals surface area contributed by atoms with E-state index in [4.69, 9.17) is 0 Å². The minimum absolute atomic E-state index is 0.0787. The summed E-state index contributed by atoms with van der Waals surface area (Å²) in [7, 11) is 0. The third-order valence-electron chi connectivity index (χ3n) is 2.67. The number of aromatic nitrogens is 2. The third kappa shape index (κ3) is 2.55. The van der Waals surface area contributed by atoms with Crippen molar-refractivity contribution in [2.45, 2.75) is 26.3 Å². The summed E-state index contributed by atoms with van der Waals surface area (Å²) >= 11 is 1.43. The lowest BCUT2D eigenvalue weighted by molar-refractivity contribution is 0.102. The van der Waals surface area contributed by atoms with Crippen LogP contribution in [-0.2, 0) is 0 Å². The van der Waals surface area contributed by atoms with Crippen molar-refractivity contribution in [3.63, 3.8) is 0 Å². The molecule has 1 unspecified atom stereocenters. The van der Waals surface area contributed by atoms with E-state index in [1.54, 1.807) is 6.20 Å². The molecule has 17 heavy (non-hydrogen) atoms. The molecule has 2 aromatic heterocycles. The number of carbonyl (C=O) groups is 1. The zero-order valence-corrected chi connectivity index (χ0v) is 10.7. The van der Waals surface area contributed by atoms with Crippen LogP contribution in [-0.4, -0.2) is 15.7 Å². The summed E-state index contributed by atoms with van der Waals surface area (Å²) in [5.74, 6) is 0.669. The van der Waals surface area contributed by atoms with Crippen LogP contribution >= 0.6 is 11.3 Å². The van der Waals surface area contributed by atoms with Crippen LogP contribution in [0.4, 0.5) is 5.82 Å². The average molecular weight is 249 g/mol. The Balaban J connectivity index is 2.14. The van der Waals surface area contributed by atoms with Gasteiger partial charge in [-0.25, -0.2) is 4.68 Å². The standard InChI is InChI=1S/C12H15N3OS/c1-3-9(2)15-11(6-7-13-15)14-12(16)10-5-4-8-17-10/h4-9H,3H2,1-2H3,(H,14,16). The molecule has 0 bridgehead atoms. The first-order chi connectivity index (χ1) is 8.22. The molecule has 0 saturated heterocycles. The fourth-order valence-corrected chi connectivity index (χ4v) is 2.14. The summed E-state index contributed by atoms with van der Waals surface area (Å²) in [6.07, 6.45) is 2.68. The zero-order chi connectivity index (χ0) is 12.3. The normalized spacial score (nSPS) is 12.4. The number of rotatable bonds is 4. The number of hydrogen-bond donors (Lipinski definition) is 1. The minimum atomic E-state index is -0.0787. The fraction of sp³-hybridized carbons (Fsp3) is 0.333. The number of nitrogens with zero attached hydrogens (tertiary/aromatic N) is 2. The Morgan fingerprint density at radius 1 is 1.59 bits per heavy atom. The van der Waals surface area contributed by atoms with Crippen molar-refractivity contribution in [2.75, 3.05) is 5.32 Å². The highest BCUT2D eigenvalue weighted by Crippen LogP contribution is 2.18. The molecule has 2 rings (SSSR count). The summed E-state index contributed by atoms with van der Waals surface area (Å²) in [4.78, 5) is 12.6. The van der Waals surface area contributed by atoms with E-state index < -0.39 is 0 Å². The van der Waals surface area contributed by atoms with Crippen molar-refractivity contribution < 1.29 is 4.79 Å². The number of carbonyl (C=O) groups excluding carboxylic acids is 1. The molecule has 1 amide bonds. The van der Waals surface area contributed by atoms with Gasteiger partial charge in [-0.3, -0.25) is 4.79 Å². The van der Waals surface area contributed by atoms with Crippen molar-refractivity contribution in [1.82, 2.24) is 9.78 Å². The second-order valence-electron chi connectivity index (χ2n) is 3.85. The third-order valence-corrected chi connectivity index (χ3v) is 3.53. The molecule has 0 aromatic carbocycles. The lowest BCUT2D eigenvalue weighted by Gasteiger charge is -2.13. The summed E-state index contributed by atoms with van der Waals surface area (Å²) < 4.78 is 1.84. The average Bonchev–Trinajstić information content (AvgIpc) is 2.98. The number of anilines is 1. The first kappa shape index (κ1) is 11.9. The number of thiophene rings is 1. The van der Waals surface area contributed by atoms with E-state index in [1.165, 1.54) is 11.3 Å². The van der Waals surface area contributed by atoms with Crippen LogP contribution in [0.15, 0.2) is 29.8 Å². The molecule has 1 atom stereocenters. The van der Waals surface area contributed by atoms with Gasteiger partial charge in [-0.05, 0) is 24.8 Å². The number of hydrogen-bond acceptors (Lipinski definition) is 3. The Hall–Kier alpha value is -1.62. The van der Waals surface area contributed by atoms with Crippen LogP contribution < -0.4 is 5.32 Å². The molecule has 90 valence electrons. The summed E-state index contributed by atoms with van der Waals surface area (Å²) in [5.41, 5.74) is 0. The van der Waals surface area contributed by atoms with E-state index in [0.717, 1.165) is 12.2 Å². The molecule has 0 aliphatic heterocycles. The molecule has 5 heteroatoms. The largest absolute Gasteiger partial charge is 0.306 e. The second kappa shape index (κ2) is 5.14. The second-order valence-corrected chi connectivity index (χ2v) is 4.80. The van der Waals surface area contributed by atoms with Gasteiger partial charge in [0.2, 0.25) is 0 Å². The van der Waals surface area contributed by atoms with Crippen LogP contribution in [0.5, 0.6) is 0 Å². The van der Waals surface area contributed by atoms with Crippen molar-refractivity contribution in [2.24, 2.45) is 0 Å². The van der Waals surface area contributed by atoms with Gasteiger partial charge in [-0.15, -0.1) is 11.3 Å². The highest BCUT2D eigenvalue weighted by Gasteiger charge is 2.12. The Morgan fingerprint density at radius 3 is 3.06 bits per heavy atom. The SMILES string of the molecule is CCC(C)n1nccc1NC(=O)c1cccs1. The van der Waals surface area contributed by atoms with Gasteiger partial charge in [0.1, 0.15) is 5.82 Å². The highest BCUT2D eigenvalue weighted by atomic mass is 32.1. The van der Waals surface area contributed by atoms with E-state index in [1.807, 2.05) is 28.3 Å². The van der Waals surface area contributed by atoms with Gasteiger partial charge in [-0.1, -0.05) is 13.0 Å². The van der Waals surface area contributed by atoms with Gasteiger partial charge in [-0.2, -0.15) is 5.10 Å². The maximum absolute atomic E-state index is 11.9. The minimum Gasteiger partial charge on any atom is -0.306 e. The fourth-order valence-electron chi connectivity index (χ4n) is 1.52. The monoisotopic (exact) mass is 249 g/mol. The summed E-state index contributed by atoms with van der Waals surface area (Å²) in [5, 5.41) is 9.00. The quantitative estimate of drug-likeness (QED) is 0.904. The number of amides is 1. The van der Waals surface area contributed by atoms with E-state index in [9.17, 15) is 4.79 Å². The first-order valence-electron chi connectivity index (χ1n) is 5.60. The van der Waals surface area contributed by atoms with Crippen LogP contribution in [0, 0.1) is 0 Å². The Labute approximate surface area is 104 Å². The van der Waals surface area contributed by atoms with Crippen molar-refractivity contribution >= 4 is 23.1 Å². The maximum Gasteiger partial charge on any atom is 0.266 e. The Kier molecular flexibility index (Phi) is 3.58. The molecule has 4 nitrogen and oxygen atoms in total. The van der Waals surface area contributed by atoms with Crippen LogP contribution in [0.1, 0.15) is 36.0 Å². The summed E-state index contributed by atoms with van der Waals surface area (Å²) in [6, 6.07) is 5.77. The van der Waals surface area contributed by atoms with Gasteiger partial charge in [0, 0.05) is 6.07 Å². The Morgan fingerprint density at radius 2 is 2.41 bits per heavy atom. The topological polar surface area (TPSA) is 46.9 Å². The van der Waals surface area contributed by atoms with Gasteiger partial charge in [0.25, 0.3) is 5.91 Å². The van der Waals surface area contributed by atoms with E-state index in [0.29, 0.717) is 4.88 Å². The van der Waals surface area contributed by atoms with Crippen LogP contribution in [0.2, 0.25) is 0 Å². The van der Waals surface area contributed by atoms with E-state index in [-0.39, 0.29) is 11.9 Å². The molecular weight excluding hydrogens is 234 g/mol. The molecular formula is C12H15N3OS. The van der Waals surface area contributed by atoms with Gasteiger partial charge >= 0.3 is 0 Å². The summed E-state index contributed by atoms with van der Waals surface area (Å²) in [6.45, 7) is 4.17. The molecule has 2 aromatic rings. The molecule has 0 fully saturated rings.